The number of nitro groups is 1. The third-order valence-corrected chi connectivity index (χ3v) is 4.20. The molecule has 1 amide bonds. The van der Waals surface area contributed by atoms with E-state index in [0.29, 0.717) is 5.69 Å². The molecule has 1 saturated heterocycles. The maximum atomic E-state index is 12.3. The molecule has 0 unspecified atom stereocenters. The highest BCUT2D eigenvalue weighted by Crippen LogP contribution is 2.29. The molecule has 0 saturated carbocycles. The molecule has 0 bridgehead atoms. The minimum atomic E-state index is -0.464. The van der Waals surface area contributed by atoms with Crippen LogP contribution in [0.5, 0.6) is 0 Å². The maximum absolute atomic E-state index is 12.3. The molecular formula is C16H24N3O4+. The first kappa shape index (κ1) is 17.4. The van der Waals surface area contributed by atoms with Crippen molar-refractivity contribution in [1.29, 1.82) is 0 Å². The largest absolute Gasteiger partial charge is 0.364 e. The lowest BCUT2D eigenvalue weighted by molar-refractivity contribution is -0.907. The second-order valence-electron chi connectivity index (χ2n) is 6.30. The Balaban J connectivity index is 2.11. The van der Waals surface area contributed by atoms with E-state index in [-0.39, 0.29) is 30.3 Å². The molecule has 1 aromatic carbocycles. The number of anilines is 1. The van der Waals surface area contributed by atoms with E-state index in [2.05, 4.69) is 5.32 Å². The van der Waals surface area contributed by atoms with Gasteiger partial charge >= 0.3 is 0 Å². The predicted octanol–water partition coefficient (Wildman–Crippen LogP) is 0.842. The standard InChI is InChI=1S/C16H23N3O4/c1-10-5-6-14(19(21)22)16(13(10)4)17-15(20)9-18-7-11(2)23-12(3)8-18/h5-6,11-12H,7-9H2,1-4H3,(H,17,20)/p+1/t11-,12-/m1/s1. The first-order valence-corrected chi connectivity index (χ1v) is 7.81. The summed E-state index contributed by atoms with van der Waals surface area (Å²) in [6, 6.07) is 3.13. The topological polar surface area (TPSA) is 85.9 Å². The van der Waals surface area contributed by atoms with Gasteiger partial charge in [-0.05, 0) is 38.8 Å². The number of carbonyl (C=O) groups excluding carboxylic acids is 1. The van der Waals surface area contributed by atoms with Gasteiger partial charge in [0.05, 0.1) is 4.92 Å². The number of nitro benzene ring substituents is 1. The van der Waals surface area contributed by atoms with Crippen molar-refractivity contribution in [2.75, 3.05) is 25.0 Å². The predicted molar refractivity (Wildman–Crippen MR) is 86.8 cm³/mol. The number of nitrogens with zero attached hydrogens (tertiary/aromatic N) is 1. The zero-order valence-electron chi connectivity index (χ0n) is 14.0. The van der Waals surface area contributed by atoms with Crippen molar-refractivity contribution in [3.63, 3.8) is 0 Å². The molecule has 2 rings (SSSR count). The summed E-state index contributed by atoms with van der Waals surface area (Å²) in [5.41, 5.74) is 1.87. The number of rotatable bonds is 4. The first-order valence-electron chi connectivity index (χ1n) is 7.81. The number of morpholine rings is 1. The van der Waals surface area contributed by atoms with Gasteiger partial charge in [-0.25, -0.2) is 0 Å². The monoisotopic (exact) mass is 322 g/mol. The van der Waals surface area contributed by atoms with Gasteiger partial charge in [0, 0.05) is 6.07 Å². The summed E-state index contributed by atoms with van der Waals surface area (Å²) >= 11 is 0. The van der Waals surface area contributed by atoms with Crippen LogP contribution < -0.4 is 10.2 Å². The Kier molecular flexibility index (Phi) is 5.33. The van der Waals surface area contributed by atoms with Gasteiger partial charge in [-0.3, -0.25) is 14.9 Å². The molecule has 1 aliphatic heterocycles. The summed E-state index contributed by atoms with van der Waals surface area (Å²) in [6.07, 6.45) is 0.216. The van der Waals surface area contributed by atoms with E-state index in [4.69, 9.17) is 4.74 Å². The van der Waals surface area contributed by atoms with Crippen LogP contribution in [0, 0.1) is 24.0 Å². The number of hydrogen-bond donors (Lipinski definition) is 2. The number of benzene rings is 1. The Labute approximate surface area is 135 Å². The van der Waals surface area contributed by atoms with Crippen LogP contribution in [0.15, 0.2) is 12.1 Å². The number of carbonyl (C=O) groups is 1. The Morgan fingerprint density at radius 1 is 1.35 bits per heavy atom. The van der Waals surface area contributed by atoms with Crippen molar-refractivity contribution in [1.82, 2.24) is 0 Å². The average Bonchev–Trinajstić information content (AvgIpc) is 2.42. The Morgan fingerprint density at radius 2 is 1.96 bits per heavy atom. The lowest BCUT2D eigenvalue weighted by Crippen LogP contribution is -3.16. The van der Waals surface area contributed by atoms with Crippen LogP contribution >= 0.6 is 0 Å². The van der Waals surface area contributed by atoms with Crippen LogP contribution in [-0.4, -0.2) is 42.7 Å². The second kappa shape index (κ2) is 7.06. The molecule has 7 heteroatoms. The number of quaternary nitrogens is 1. The van der Waals surface area contributed by atoms with Gasteiger partial charge in [0.25, 0.3) is 11.6 Å². The highest BCUT2D eigenvalue weighted by atomic mass is 16.6. The summed E-state index contributed by atoms with van der Waals surface area (Å²) in [4.78, 5) is 24.2. The van der Waals surface area contributed by atoms with E-state index >= 15 is 0 Å². The average molecular weight is 322 g/mol. The molecule has 1 heterocycles. The minimum absolute atomic E-state index is 0.0693. The summed E-state index contributed by atoms with van der Waals surface area (Å²) in [5, 5.41) is 13.9. The third-order valence-electron chi connectivity index (χ3n) is 4.20. The molecular weight excluding hydrogens is 298 g/mol. The van der Waals surface area contributed by atoms with E-state index < -0.39 is 4.92 Å². The van der Waals surface area contributed by atoms with E-state index in [9.17, 15) is 14.9 Å². The lowest BCUT2D eigenvalue weighted by Gasteiger charge is -2.31. The fraction of sp³-hybridized carbons (Fsp3) is 0.562. The highest BCUT2D eigenvalue weighted by molar-refractivity contribution is 5.95. The SMILES string of the molecule is Cc1ccc([N+](=O)[O-])c(NC(=O)C[NH+]2C[C@@H](C)O[C@H](C)C2)c1C. The van der Waals surface area contributed by atoms with Gasteiger partial charge < -0.3 is 15.0 Å². The van der Waals surface area contributed by atoms with Gasteiger partial charge in [0.15, 0.2) is 6.54 Å². The quantitative estimate of drug-likeness (QED) is 0.635. The molecule has 0 spiro atoms. The molecule has 2 N–H and O–H groups in total. The normalized spacial score (nSPS) is 24.3. The summed E-state index contributed by atoms with van der Waals surface area (Å²) < 4.78 is 5.66. The molecule has 0 radical (unpaired) electrons. The third kappa shape index (κ3) is 4.27. The molecule has 1 aliphatic rings. The number of amides is 1. The van der Waals surface area contributed by atoms with Crippen LogP contribution in [0.2, 0.25) is 0 Å². The van der Waals surface area contributed by atoms with Crippen molar-refractivity contribution >= 4 is 17.3 Å². The number of ether oxygens (including phenoxy) is 1. The molecule has 2 atom stereocenters. The van der Waals surface area contributed by atoms with Gasteiger partial charge in [0.1, 0.15) is 31.0 Å². The Bertz CT molecular complexity index is 608. The van der Waals surface area contributed by atoms with Crippen molar-refractivity contribution in [2.45, 2.75) is 39.9 Å². The maximum Gasteiger partial charge on any atom is 0.293 e. The number of aryl methyl sites for hydroxylation is 1. The molecule has 23 heavy (non-hydrogen) atoms. The Morgan fingerprint density at radius 3 is 2.52 bits per heavy atom. The molecule has 1 aromatic rings. The number of hydrogen-bond acceptors (Lipinski definition) is 4. The van der Waals surface area contributed by atoms with Crippen molar-refractivity contribution in [3.05, 3.63) is 33.4 Å². The molecule has 0 aliphatic carbocycles. The highest BCUT2D eigenvalue weighted by Gasteiger charge is 2.28. The van der Waals surface area contributed by atoms with Crippen LogP contribution in [0.3, 0.4) is 0 Å². The van der Waals surface area contributed by atoms with Gasteiger partial charge in [-0.1, -0.05) is 6.07 Å². The smallest absolute Gasteiger partial charge is 0.293 e. The van der Waals surface area contributed by atoms with Crippen LogP contribution in [-0.2, 0) is 9.53 Å². The first-order chi connectivity index (χ1) is 10.8. The zero-order valence-corrected chi connectivity index (χ0v) is 14.0. The molecule has 7 nitrogen and oxygen atoms in total. The van der Waals surface area contributed by atoms with Gasteiger partial charge in [0.2, 0.25) is 0 Å². The fourth-order valence-electron chi connectivity index (χ4n) is 3.06. The molecule has 126 valence electrons. The Hall–Kier alpha value is -1.99. The molecule has 0 aromatic heterocycles. The van der Waals surface area contributed by atoms with Crippen LogP contribution in [0.1, 0.15) is 25.0 Å². The van der Waals surface area contributed by atoms with Gasteiger partial charge in [-0.15, -0.1) is 0 Å². The van der Waals surface area contributed by atoms with Crippen molar-refractivity contribution in [3.8, 4) is 0 Å². The zero-order chi connectivity index (χ0) is 17.1. The van der Waals surface area contributed by atoms with E-state index in [1.54, 1.807) is 13.0 Å². The molecule has 1 fully saturated rings. The van der Waals surface area contributed by atoms with E-state index in [1.807, 2.05) is 20.8 Å². The fourth-order valence-corrected chi connectivity index (χ4v) is 3.06. The summed E-state index contributed by atoms with van der Waals surface area (Å²) in [5.74, 6) is -0.210. The summed E-state index contributed by atoms with van der Waals surface area (Å²) in [7, 11) is 0. The summed E-state index contributed by atoms with van der Waals surface area (Å²) in [6.45, 7) is 9.42. The lowest BCUT2D eigenvalue weighted by atomic mass is 10.1. The van der Waals surface area contributed by atoms with Crippen molar-refractivity contribution in [2.24, 2.45) is 0 Å². The number of nitrogens with one attached hydrogen (secondary N) is 2. The van der Waals surface area contributed by atoms with E-state index in [1.165, 1.54) is 6.07 Å². The van der Waals surface area contributed by atoms with E-state index in [0.717, 1.165) is 29.1 Å². The second-order valence-corrected chi connectivity index (χ2v) is 6.30. The van der Waals surface area contributed by atoms with Crippen LogP contribution in [0.4, 0.5) is 11.4 Å². The van der Waals surface area contributed by atoms with Gasteiger partial charge in [-0.2, -0.15) is 0 Å². The minimum Gasteiger partial charge on any atom is -0.364 e. The van der Waals surface area contributed by atoms with Crippen LogP contribution in [0.25, 0.3) is 0 Å². The van der Waals surface area contributed by atoms with Crippen molar-refractivity contribution < 1.29 is 19.4 Å².